The van der Waals surface area contributed by atoms with Crippen LogP contribution in [0.25, 0.3) is 0 Å². The molecule has 0 radical (unpaired) electrons. The minimum atomic E-state index is -0.841. The lowest BCUT2D eigenvalue weighted by atomic mass is 9.72. The van der Waals surface area contributed by atoms with Gasteiger partial charge in [-0.15, -0.1) is 0 Å². The van der Waals surface area contributed by atoms with Crippen LogP contribution in [0.5, 0.6) is 0 Å². The summed E-state index contributed by atoms with van der Waals surface area (Å²) in [5, 5.41) is 10.1. The highest BCUT2D eigenvalue weighted by atomic mass is 35.5. The molecule has 110 valence electrons. The van der Waals surface area contributed by atoms with Crippen molar-refractivity contribution in [3.8, 4) is 0 Å². The first-order chi connectivity index (χ1) is 9.53. The third kappa shape index (κ3) is 3.51. The lowest BCUT2D eigenvalue weighted by Gasteiger charge is -2.31. The van der Waals surface area contributed by atoms with Crippen molar-refractivity contribution in [2.24, 2.45) is 5.41 Å². The molecule has 0 aliphatic heterocycles. The van der Waals surface area contributed by atoms with E-state index in [1.165, 1.54) is 18.6 Å². The normalized spacial score (nSPS) is 19.1. The first-order valence-electron chi connectivity index (χ1n) is 7.21. The number of hydrogen-bond donors (Lipinski definition) is 1. The first kappa shape index (κ1) is 15.3. The Hall–Kier alpha value is -1.09. The number of aliphatic carboxylic acids is 1. The van der Waals surface area contributed by atoms with Gasteiger partial charge in [-0.3, -0.25) is 4.79 Å². The van der Waals surface area contributed by atoms with Gasteiger partial charge in [0.15, 0.2) is 0 Å². The van der Waals surface area contributed by atoms with Crippen molar-refractivity contribution in [1.82, 2.24) is 0 Å². The van der Waals surface area contributed by atoms with E-state index in [1.807, 2.05) is 0 Å². The Morgan fingerprint density at radius 2 is 1.80 bits per heavy atom. The summed E-state index contributed by atoms with van der Waals surface area (Å²) in [7, 11) is 0. The average Bonchev–Trinajstić information content (AvgIpc) is 2.36. The monoisotopic (exact) mass is 298 g/mol. The molecule has 0 saturated heterocycles. The molecule has 2 nitrogen and oxygen atoms in total. The quantitative estimate of drug-likeness (QED) is 0.867. The molecular formula is C16H20ClFO2. The summed E-state index contributed by atoms with van der Waals surface area (Å²) in [6, 6.07) is 4.36. The molecule has 0 unspecified atom stereocenters. The van der Waals surface area contributed by atoms with Crippen molar-refractivity contribution in [3.63, 3.8) is 0 Å². The van der Waals surface area contributed by atoms with Crippen LogP contribution in [-0.2, 0) is 11.2 Å². The fourth-order valence-corrected chi connectivity index (χ4v) is 3.29. The van der Waals surface area contributed by atoms with Gasteiger partial charge >= 0.3 is 5.97 Å². The number of halogens is 2. The lowest BCUT2D eigenvalue weighted by Crippen LogP contribution is -2.34. The van der Waals surface area contributed by atoms with E-state index in [9.17, 15) is 14.3 Å². The number of rotatable bonds is 3. The van der Waals surface area contributed by atoms with Gasteiger partial charge in [0, 0.05) is 5.02 Å². The van der Waals surface area contributed by atoms with Gasteiger partial charge in [0.1, 0.15) is 5.82 Å². The van der Waals surface area contributed by atoms with Crippen LogP contribution in [0.15, 0.2) is 18.2 Å². The highest BCUT2D eigenvalue weighted by Gasteiger charge is 2.38. The molecule has 1 fully saturated rings. The maximum absolute atomic E-state index is 13.9. The fourth-order valence-electron chi connectivity index (χ4n) is 3.09. The number of carboxylic acids is 1. The smallest absolute Gasteiger partial charge is 0.309 e. The zero-order chi connectivity index (χ0) is 14.6. The van der Waals surface area contributed by atoms with Crippen LogP contribution in [-0.4, -0.2) is 11.1 Å². The minimum absolute atomic E-state index is 0.231. The molecule has 1 N–H and O–H groups in total. The number of hydrogen-bond acceptors (Lipinski definition) is 1. The third-order valence-corrected chi connectivity index (χ3v) is 4.54. The second kappa shape index (κ2) is 6.57. The third-order valence-electron chi connectivity index (χ3n) is 4.30. The second-order valence-corrected chi connectivity index (χ2v) is 6.20. The summed E-state index contributed by atoms with van der Waals surface area (Å²) >= 11 is 5.90. The molecule has 0 heterocycles. The van der Waals surface area contributed by atoms with Crippen molar-refractivity contribution in [3.05, 3.63) is 34.6 Å². The van der Waals surface area contributed by atoms with E-state index in [2.05, 4.69) is 0 Å². The molecular weight excluding hydrogens is 279 g/mol. The van der Waals surface area contributed by atoms with Crippen molar-refractivity contribution in [2.45, 2.75) is 51.4 Å². The Kier molecular flexibility index (Phi) is 5.03. The van der Waals surface area contributed by atoms with E-state index >= 15 is 0 Å². The molecule has 4 heteroatoms. The summed E-state index contributed by atoms with van der Waals surface area (Å²) in [5.41, 5.74) is -0.424. The molecule has 0 aromatic heterocycles. The van der Waals surface area contributed by atoms with E-state index in [1.54, 1.807) is 6.07 Å². The van der Waals surface area contributed by atoms with E-state index in [0.29, 0.717) is 23.4 Å². The van der Waals surface area contributed by atoms with Crippen molar-refractivity contribution in [1.29, 1.82) is 0 Å². The Morgan fingerprint density at radius 3 is 2.40 bits per heavy atom. The molecule has 0 spiro atoms. The standard InChI is InChI=1S/C16H20ClFO2/c17-13-6-7-14(18)12(10-13)11-16(15(19)20)8-4-2-1-3-5-9-16/h6-7,10H,1-5,8-9,11H2,(H,19,20). The molecule has 1 saturated carbocycles. The van der Waals surface area contributed by atoms with Gasteiger partial charge in [0.05, 0.1) is 5.41 Å². The molecule has 2 rings (SSSR count). The number of carboxylic acid groups (broad SMARTS) is 1. The molecule has 1 aromatic carbocycles. The van der Waals surface area contributed by atoms with Gasteiger partial charge in [-0.05, 0) is 43.0 Å². The van der Waals surface area contributed by atoms with Crippen molar-refractivity contribution in [2.75, 3.05) is 0 Å². The summed E-state index contributed by atoms with van der Waals surface area (Å²) in [5.74, 6) is -1.17. The van der Waals surface area contributed by atoms with Crippen LogP contribution in [0.3, 0.4) is 0 Å². The van der Waals surface area contributed by atoms with Crippen LogP contribution < -0.4 is 0 Å². The van der Waals surface area contributed by atoms with Crippen LogP contribution >= 0.6 is 11.6 Å². The molecule has 1 aliphatic carbocycles. The molecule has 0 bridgehead atoms. The molecule has 1 aliphatic rings. The van der Waals surface area contributed by atoms with Gasteiger partial charge in [-0.1, -0.05) is 43.7 Å². The lowest BCUT2D eigenvalue weighted by molar-refractivity contribution is -0.150. The van der Waals surface area contributed by atoms with E-state index in [0.717, 1.165) is 25.7 Å². The van der Waals surface area contributed by atoms with Crippen LogP contribution in [0, 0.1) is 11.2 Å². The first-order valence-corrected chi connectivity index (χ1v) is 7.59. The van der Waals surface area contributed by atoms with Crippen LogP contribution in [0.2, 0.25) is 5.02 Å². The van der Waals surface area contributed by atoms with Crippen molar-refractivity contribution >= 4 is 17.6 Å². The van der Waals surface area contributed by atoms with Gasteiger partial charge in [-0.25, -0.2) is 4.39 Å². The topological polar surface area (TPSA) is 37.3 Å². The molecule has 1 aromatic rings. The predicted molar refractivity (Wildman–Crippen MR) is 77.5 cm³/mol. The van der Waals surface area contributed by atoms with Crippen molar-refractivity contribution < 1.29 is 14.3 Å². The van der Waals surface area contributed by atoms with Crippen LogP contribution in [0.4, 0.5) is 4.39 Å². The maximum atomic E-state index is 13.9. The van der Waals surface area contributed by atoms with Gasteiger partial charge in [-0.2, -0.15) is 0 Å². The predicted octanol–water partition coefficient (Wildman–Crippen LogP) is 4.84. The molecule has 20 heavy (non-hydrogen) atoms. The summed E-state index contributed by atoms with van der Waals surface area (Å²) < 4.78 is 13.9. The Bertz CT molecular complexity index is 479. The van der Waals surface area contributed by atoms with Gasteiger partial charge in [0.25, 0.3) is 0 Å². The summed E-state index contributed by atoms with van der Waals surface area (Å²) in [6.45, 7) is 0. The zero-order valence-corrected chi connectivity index (χ0v) is 12.3. The highest BCUT2D eigenvalue weighted by molar-refractivity contribution is 6.30. The Labute approximate surface area is 123 Å². The van der Waals surface area contributed by atoms with E-state index in [4.69, 9.17) is 11.6 Å². The molecule has 0 atom stereocenters. The largest absolute Gasteiger partial charge is 0.481 e. The number of carbonyl (C=O) groups is 1. The minimum Gasteiger partial charge on any atom is -0.481 e. The Balaban J connectivity index is 2.27. The SMILES string of the molecule is O=C(O)C1(Cc2cc(Cl)ccc2F)CCCCCCC1. The zero-order valence-electron chi connectivity index (χ0n) is 11.5. The summed E-state index contributed by atoms with van der Waals surface area (Å²) in [4.78, 5) is 11.8. The van der Waals surface area contributed by atoms with Gasteiger partial charge in [0.2, 0.25) is 0 Å². The number of benzene rings is 1. The van der Waals surface area contributed by atoms with Crippen LogP contribution in [0.1, 0.15) is 50.5 Å². The Morgan fingerprint density at radius 1 is 1.20 bits per heavy atom. The van der Waals surface area contributed by atoms with Gasteiger partial charge < -0.3 is 5.11 Å². The highest BCUT2D eigenvalue weighted by Crippen LogP contribution is 2.38. The second-order valence-electron chi connectivity index (χ2n) is 5.77. The van der Waals surface area contributed by atoms with E-state index in [-0.39, 0.29) is 12.2 Å². The van der Waals surface area contributed by atoms with E-state index < -0.39 is 11.4 Å². The molecule has 0 amide bonds. The summed E-state index contributed by atoms with van der Waals surface area (Å²) in [6.07, 6.45) is 6.56. The maximum Gasteiger partial charge on any atom is 0.309 e. The fraction of sp³-hybridized carbons (Fsp3) is 0.562. The average molecular weight is 299 g/mol.